The molecule has 1 N–H and O–H groups in total. The lowest BCUT2D eigenvalue weighted by atomic mass is 9.92. The molecule has 28 heavy (non-hydrogen) atoms. The fourth-order valence-corrected chi connectivity index (χ4v) is 3.08. The Bertz CT molecular complexity index is 998. The monoisotopic (exact) mass is 395 g/mol. The van der Waals surface area contributed by atoms with Gasteiger partial charge in [-0.2, -0.15) is 13.2 Å². The Kier molecular flexibility index (Phi) is 5.16. The van der Waals surface area contributed by atoms with Crippen molar-refractivity contribution in [3.63, 3.8) is 0 Å². The third kappa shape index (κ3) is 3.35. The topological polar surface area (TPSA) is 51.5 Å². The summed E-state index contributed by atoms with van der Waals surface area (Å²) in [6.07, 6.45) is -4.32. The van der Waals surface area contributed by atoms with Gasteiger partial charge in [-0.05, 0) is 30.7 Å². The maximum atomic E-state index is 13.8. The van der Waals surface area contributed by atoms with E-state index in [0.29, 0.717) is 0 Å². The van der Waals surface area contributed by atoms with Gasteiger partial charge >= 0.3 is 12.1 Å². The predicted molar refractivity (Wildman–Crippen MR) is 94.0 cm³/mol. The minimum atomic E-state index is -5.33. The highest BCUT2D eigenvalue weighted by Gasteiger charge is 2.63. The maximum Gasteiger partial charge on any atom is 0.432 e. The van der Waals surface area contributed by atoms with Crippen LogP contribution in [0, 0.1) is 5.82 Å². The number of carbonyl (C=O) groups excluding carboxylic acids is 1. The van der Waals surface area contributed by atoms with Crippen molar-refractivity contribution in [3.8, 4) is 0 Å². The van der Waals surface area contributed by atoms with E-state index in [1.165, 1.54) is 11.5 Å². The number of aromatic nitrogens is 1. The van der Waals surface area contributed by atoms with Crippen molar-refractivity contribution >= 4 is 16.9 Å². The first-order valence-electron chi connectivity index (χ1n) is 8.47. The molecular weight excluding hydrogens is 378 g/mol. The van der Waals surface area contributed by atoms with Gasteiger partial charge in [0.2, 0.25) is 0 Å². The fourth-order valence-electron chi connectivity index (χ4n) is 3.08. The van der Waals surface area contributed by atoms with E-state index in [0.717, 1.165) is 30.0 Å². The van der Waals surface area contributed by atoms with Crippen LogP contribution >= 0.6 is 0 Å². The van der Waals surface area contributed by atoms with Gasteiger partial charge in [-0.15, -0.1) is 0 Å². The molecule has 0 radical (unpaired) electrons. The predicted octanol–water partition coefficient (Wildman–Crippen LogP) is 4.14. The van der Waals surface area contributed by atoms with Crippen LogP contribution in [-0.4, -0.2) is 28.4 Å². The molecule has 2 aromatic carbocycles. The van der Waals surface area contributed by atoms with E-state index < -0.39 is 29.1 Å². The molecule has 0 aliphatic carbocycles. The van der Waals surface area contributed by atoms with Crippen LogP contribution in [0.15, 0.2) is 54.7 Å². The van der Waals surface area contributed by atoms with Crippen molar-refractivity contribution in [3.05, 3.63) is 71.7 Å². The third-order valence-electron chi connectivity index (χ3n) is 4.41. The molecule has 8 heteroatoms. The number of hydrogen-bond donors (Lipinski definition) is 1. The third-order valence-corrected chi connectivity index (χ3v) is 4.41. The van der Waals surface area contributed by atoms with Crippen molar-refractivity contribution in [1.82, 2.24) is 4.57 Å². The number of rotatable bonds is 5. The van der Waals surface area contributed by atoms with Crippen molar-refractivity contribution in [2.24, 2.45) is 0 Å². The zero-order chi connectivity index (χ0) is 20.5. The molecule has 0 fully saturated rings. The van der Waals surface area contributed by atoms with Gasteiger partial charge in [-0.25, -0.2) is 9.18 Å². The Morgan fingerprint density at radius 1 is 1.14 bits per heavy atom. The van der Waals surface area contributed by atoms with Crippen LogP contribution in [0.5, 0.6) is 0 Å². The number of nitrogens with zero attached hydrogens (tertiary/aromatic N) is 1. The number of alkyl halides is 3. The van der Waals surface area contributed by atoms with Crippen molar-refractivity contribution in [2.45, 2.75) is 25.2 Å². The minimum absolute atomic E-state index is 0.0924. The summed E-state index contributed by atoms with van der Waals surface area (Å²) in [5.41, 5.74) is -3.71. The van der Waals surface area contributed by atoms with Crippen molar-refractivity contribution in [2.75, 3.05) is 6.61 Å². The number of halogens is 4. The summed E-state index contributed by atoms with van der Waals surface area (Å²) in [4.78, 5) is 12.1. The molecule has 1 aromatic heterocycles. The Labute approximate surface area is 158 Å². The van der Waals surface area contributed by atoms with E-state index in [-0.39, 0.29) is 24.1 Å². The van der Waals surface area contributed by atoms with E-state index in [4.69, 9.17) is 0 Å². The zero-order valence-corrected chi connectivity index (χ0v) is 14.8. The molecule has 1 unspecified atom stereocenters. The molecule has 1 atom stereocenters. The highest BCUT2D eigenvalue weighted by atomic mass is 19.4. The summed E-state index contributed by atoms with van der Waals surface area (Å²) in [7, 11) is 0. The molecule has 4 nitrogen and oxygen atoms in total. The van der Waals surface area contributed by atoms with Crippen LogP contribution < -0.4 is 0 Å². The standard InChI is InChI=1S/C20H17F4NO3/c1-2-28-18(26)19(27,20(22,23)24)16-12-25(11-13-6-4-3-5-7-13)17-10-14(21)8-9-15(16)17/h3-10,12,27H,2,11H2,1H3. The van der Waals surface area contributed by atoms with E-state index in [2.05, 4.69) is 4.74 Å². The highest BCUT2D eigenvalue weighted by Crippen LogP contribution is 2.43. The average molecular weight is 395 g/mol. The first-order valence-corrected chi connectivity index (χ1v) is 8.47. The molecule has 0 bridgehead atoms. The van der Waals surface area contributed by atoms with Gasteiger partial charge in [-0.3, -0.25) is 0 Å². The molecule has 3 aromatic rings. The summed E-state index contributed by atoms with van der Waals surface area (Å²) in [5.74, 6) is -2.48. The Morgan fingerprint density at radius 3 is 2.43 bits per heavy atom. The van der Waals surface area contributed by atoms with E-state index >= 15 is 0 Å². The van der Waals surface area contributed by atoms with Crippen LogP contribution in [0.1, 0.15) is 18.1 Å². The number of esters is 1. The highest BCUT2D eigenvalue weighted by molar-refractivity contribution is 5.92. The van der Waals surface area contributed by atoms with Gasteiger partial charge in [-0.1, -0.05) is 30.3 Å². The summed E-state index contributed by atoms with van der Waals surface area (Å²) in [6, 6.07) is 12.0. The summed E-state index contributed by atoms with van der Waals surface area (Å²) in [6.45, 7) is 1.12. The van der Waals surface area contributed by atoms with Gasteiger partial charge < -0.3 is 14.4 Å². The average Bonchev–Trinajstić information content (AvgIpc) is 2.99. The van der Waals surface area contributed by atoms with Crippen LogP contribution in [0.3, 0.4) is 0 Å². The van der Waals surface area contributed by atoms with Crippen LogP contribution in [0.2, 0.25) is 0 Å². The molecule has 1 heterocycles. The minimum Gasteiger partial charge on any atom is -0.463 e. The first-order chi connectivity index (χ1) is 13.2. The fraction of sp³-hybridized carbons (Fsp3) is 0.250. The van der Waals surface area contributed by atoms with Crippen LogP contribution in [-0.2, 0) is 21.7 Å². The Morgan fingerprint density at radius 2 is 1.82 bits per heavy atom. The van der Waals surface area contributed by atoms with E-state index in [9.17, 15) is 27.5 Å². The molecule has 0 saturated heterocycles. The number of fused-ring (bicyclic) bond motifs is 1. The molecular formula is C20H17F4NO3. The Balaban J connectivity index is 2.24. The molecule has 3 rings (SSSR count). The Hall–Kier alpha value is -2.87. The van der Waals surface area contributed by atoms with Crippen molar-refractivity contribution in [1.29, 1.82) is 0 Å². The van der Waals surface area contributed by atoms with Gasteiger partial charge in [0.1, 0.15) is 5.82 Å². The summed E-state index contributed by atoms with van der Waals surface area (Å²) in [5, 5.41) is 10.4. The van der Waals surface area contributed by atoms with E-state index in [1.54, 1.807) is 30.3 Å². The molecule has 0 amide bonds. The second-order valence-corrected chi connectivity index (χ2v) is 6.25. The van der Waals surface area contributed by atoms with Crippen molar-refractivity contribution < 1.29 is 32.2 Å². The lowest BCUT2D eigenvalue weighted by Gasteiger charge is -2.27. The normalized spacial score (nSPS) is 14.1. The molecule has 0 aliphatic rings. The van der Waals surface area contributed by atoms with Gasteiger partial charge in [0.15, 0.2) is 0 Å². The van der Waals surface area contributed by atoms with Gasteiger partial charge in [0.05, 0.1) is 12.1 Å². The molecule has 0 spiro atoms. The number of ether oxygens (including phenoxy) is 1. The molecule has 148 valence electrons. The largest absolute Gasteiger partial charge is 0.463 e. The summed E-state index contributed by atoms with van der Waals surface area (Å²) >= 11 is 0. The summed E-state index contributed by atoms with van der Waals surface area (Å²) < 4.78 is 61.0. The van der Waals surface area contributed by atoms with Gasteiger partial charge in [0.25, 0.3) is 5.60 Å². The maximum absolute atomic E-state index is 13.8. The second kappa shape index (κ2) is 7.27. The lowest BCUT2D eigenvalue weighted by Crippen LogP contribution is -2.50. The van der Waals surface area contributed by atoms with Crippen LogP contribution in [0.4, 0.5) is 17.6 Å². The number of hydrogen-bond acceptors (Lipinski definition) is 3. The number of benzene rings is 2. The van der Waals surface area contributed by atoms with E-state index in [1.807, 2.05) is 0 Å². The quantitative estimate of drug-likeness (QED) is 0.522. The lowest BCUT2D eigenvalue weighted by molar-refractivity contribution is -0.267. The van der Waals surface area contributed by atoms with Crippen LogP contribution in [0.25, 0.3) is 10.9 Å². The molecule has 0 aliphatic heterocycles. The molecule has 0 saturated carbocycles. The zero-order valence-electron chi connectivity index (χ0n) is 14.8. The smallest absolute Gasteiger partial charge is 0.432 e. The number of aliphatic hydroxyl groups is 1. The SMILES string of the molecule is CCOC(=O)C(O)(c1cn(Cc2ccccc2)c2cc(F)ccc12)C(F)(F)F. The number of carbonyl (C=O) groups is 1. The first kappa shape index (κ1) is 19.9. The second-order valence-electron chi connectivity index (χ2n) is 6.25. The van der Waals surface area contributed by atoms with Gasteiger partial charge in [0, 0.05) is 23.7 Å².